The monoisotopic (exact) mass is 363 g/mol. The highest BCUT2D eigenvalue weighted by Gasteiger charge is 2.52. The molecule has 1 aromatic rings. The van der Waals surface area contributed by atoms with Crippen LogP contribution in [-0.2, 0) is 19.6 Å². The predicted octanol–water partition coefficient (Wildman–Crippen LogP) is 1.57. The third-order valence-electron chi connectivity index (χ3n) is 3.59. The average molecular weight is 364 g/mol. The van der Waals surface area contributed by atoms with E-state index in [4.69, 9.17) is 27.9 Å². The third-order valence-corrected chi connectivity index (χ3v) is 6.30. The van der Waals surface area contributed by atoms with E-state index in [1.54, 1.807) is 6.07 Å². The van der Waals surface area contributed by atoms with Gasteiger partial charge in [-0.2, -0.15) is 0 Å². The summed E-state index contributed by atoms with van der Waals surface area (Å²) in [4.78, 5) is 23.8. The number of esters is 1. The molecule has 0 radical (unpaired) electrons. The van der Waals surface area contributed by atoms with Crippen LogP contribution in [0.2, 0.25) is 0 Å². The van der Waals surface area contributed by atoms with Crippen molar-refractivity contribution in [1.29, 1.82) is 0 Å². The van der Waals surface area contributed by atoms with E-state index in [1.165, 1.54) is 18.2 Å². The molecule has 6 nitrogen and oxygen atoms in total. The van der Waals surface area contributed by atoms with Crippen LogP contribution in [-0.4, -0.2) is 42.1 Å². The Morgan fingerprint density at radius 3 is 2.59 bits per heavy atom. The lowest BCUT2D eigenvalue weighted by Crippen LogP contribution is -2.36. The van der Waals surface area contributed by atoms with Crippen molar-refractivity contribution >= 4 is 45.1 Å². The molecule has 0 spiro atoms. The van der Waals surface area contributed by atoms with Crippen molar-refractivity contribution in [3.63, 3.8) is 0 Å². The van der Waals surface area contributed by atoms with Crippen LogP contribution in [0.15, 0.2) is 29.2 Å². The molecule has 118 valence electrons. The van der Waals surface area contributed by atoms with Gasteiger partial charge >= 0.3 is 5.97 Å². The summed E-state index contributed by atoms with van der Waals surface area (Å²) < 4.78 is 29.0. The maximum atomic E-state index is 12.2. The van der Waals surface area contributed by atoms with E-state index in [9.17, 15) is 18.0 Å². The van der Waals surface area contributed by atoms with Crippen LogP contribution in [0, 0.1) is 5.92 Å². The van der Waals surface area contributed by atoms with E-state index in [0.29, 0.717) is 10.7 Å². The van der Waals surface area contributed by atoms with Gasteiger partial charge in [-0.1, -0.05) is 12.1 Å². The summed E-state index contributed by atoms with van der Waals surface area (Å²) in [5.74, 6) is -1.72. The van der Waals surface area contributed by atoms with Crippen LogP contribution in [0.25, 0.3) is 0 Å². The van der Waals surface area contributed by atoms with Gasteiger partial charge in [0.1, 0.15) is 15.8 Å². The summed E-state index contributed by atoms with van der Waals surface area (Å²) in [7, 11) is -4.01. The fourth-order valence-electron chi connectivity index (χ4n) is 2.19. The number of alkyl halides is 2. The van der Waals surface area contributed by atoms with Gasteiger partial charge in [0.25, 0.3) is 15.9 Å². The van der Waals surface area contributed by atoms with Crippen LogP contribution in [0.1, 0.15) is 16.8 Å². The molecule has 1 atom stereocenters. The largest absolute Gasteiger partial charge is 0.464 e. The zero-order valence-corrected chi connectivity index (χ0v) is 13.5. The summed E-state index contributed by atoms with van der Waals surface area (Å²) in [5.41, 5.74) is 0.0537. The highest BCUT2D eigenvalue weighted by atomic mass is 35.5. The summed E-state index contributed by atoms with van der Waals surface area (Å²) in [6.45, 7) is -0.666. The van der Waals surface area contributed by atoms with Gasteiger partial charge in [-0.25, -0.2) is 12.7 Å². The number of hydrogen-bond acceptors (Lipinski definition) is 5. The number of carbonyl (C=O) groups is 2. The molecule has 3 rings (SSSR count). The lowest BCUT2D eigenvalue weighted by Gasteiger charge is -2.14. The topological polar surface area (TPSA) is 80.8 Å². The number of fused-ring (bicyclic) bond motifs is 1. The van der Waals surface area contributed by atoms with Crippen molar-refractivity contribution in [2.24, 2.45) is 5.92 Å². The van der Waals surface area contributed by atoms with Gasteiger partial charge < -0.3 is 4.74 Å². The minimum atomic E-state index is -4.01. The van der Waals surface area contributed by atoms with Crippen molar-refractivity contribution in [3.05, 3.63) is 29.8 Å². The van der Waals surface area contributed by atoms with Gasteiger partial charge in [0.15, 0.2) is 0 Å². The number of hydrogen-bond donors (Lipinski definition) is 0. The number of halogens is 2. The van der Waals surface area contributed by atoms with Gasteiger partial charge in [-0.15, -0.1) is 23.2 Å². The highest BCUT2D eigenvalue weighted by Crippen LogP contribution is 2.53. The van der Waals surface area contributed by atoms with Crippen molar-refractivity contribution in [2.75, 3.05) is 13.2 Å². The normalized spacial score (nSPS) is 24.0. The minimum Gasteiger partial charge on any atom is -0.464 e. The minimum absolute atomic E-state index is 0.000853. The fourth-order valence-corrected chi connectivity index (χ4v) is 4.21. The smallest absolute Gasteiger partial charge is 0.326 e. The number of rotatable bonds is 4. The summed E-state index contributed by atoms with van der Waals surface area (Å²) >= 11 is 11.6. The Balaban J connectivity index is 1.69. The highest BCUT2D eigenvalue weighted by molar-refractivity contribution is 7.90. The molecule has 1 amide bonds. The first-order valence-electron chi connectivity index (χ1n) is 6.43. The fraction of sp³-hybridized carbons (Fsp3) is 0.385. The maximum absolute atomic E-state index is 12.2. The number of nitrogens with zero attached hydrogens (tertiary/aromatic N) is 1. The Bertz CT molecular complexity index is 761. The first kappa shape index (κ1) is 15.6. The van der Waals surface area contributed by atoms with E-state index >= 15 is 0 Å². The van der Waals surface area contributed by atoms with Crippen molar-refractivity contribution in [1.82, 2.24) is 4.31 Å². The maximum Gasteiger partial charge on any atom is 0.326 e. The summed E-state index contributed by atoms with van der Waals surface area (Å²) in [5, 5.41) is 0. The van der Waals surface area contributed by atoms with Gasteiger partial charge in [0.2, 0.25) is 0 Å². The van der Waals surface area contributed by atoms with Gasteiger partial charge in [0, 0.05) is 5.92 Å². The number of sulfonamides is 1. The molecule has 0 aromatic heterocycles. The molecule has 1 fully saturated rings. The zero-order chi connectivity index (χ0) is 16.1. The van der Waals surface area contributed by atoms with Crippen LogP contribution in [0.4, 0.5) is 0 Å². The number of benzene rings is 1. The molecular weight excluding hydrogens is 353 g/mol. The second kappa shape index (κ2) is 5.11. The molecule has 0 N–H and O–H groups in total. The molecule has 0 bridgehead atoms. The molecule has 2 aliphatic rings. The van der Waals surface area contributed by atoms with E-state index in [0.717, 1.165) is 0 Å². The van der Waals surface area contributed by atoms with E-state index in [-0.39, 0.29) is 23.0 Å². The van der Waals surface area contributed by atoms with Crippen LogP contribution in [0.5, 0.6) is 0 Å². The third kappa shape index (κ3) is 2.57. The molecule has 1 heterocycles. The van der Waals surface area contributed by atoms with E-state index in [2.05, 4.69) is 0 Å². The summed E-state index contributed by atoms with van der Waals surface area (Å²) in [6, 6.07) is 5.80. The van der Waals surface area contributed by atoms with Crippen molar-refractivity contribution in [2.45, 2.75) is 15.6 Å². The quantitative estimate of drug-likeness (QED) is 0.599. The Morgan fingerprint density at radius 2 is 2.00 bits per heavy atom. The number of ether oxygens (including phenoxy) is 1. The molecule has 0 saturated heterocycles. The zero-order valence-electron chi connectivity index (χ0n) is 11.2. The predicted molar refractivity (Wildman–Crippen MR) is 78.2 cm³/mol. The Kier molecular flexibility index (Phi) is 3.62. The molecule has 0 unspecified atom stereocenters. The molecule has 22 heavy (non-hydrogen) atoms. The van der Waals surface area contributed by atoms with Gasteiger partial charge in [0.05, 0.1) is 12.2 Å². The average Bonchev–Trinajstić information content (AvgIpc) is 3.03. The lowest BCUT2D eigenvalue weighted by molar-refractivity contribution is -0.143. The molecule has 1 aromatic carbocycles. The standard InChI is InChI=1S/C13H11Cl2NO5S/c14-13(15)5-8(13)7-21-11(17)6-16-12(18)9-3-1-2-4-10(9)22(16,19)20/h1-4,8H,5-7H2/t8-/m1/s1. The molecule has 9 heteroatoms. The van der Waals surface area contributed by atoms with E-state index < -0.39 is 32.8 Å². The molecule has 1 aliphatic heterocycles. The number of carbonyl (C=O) groups excluding carboxylic acids is 2. The second-order valence-electron chi connectivity index (χ2n) is 5.16. The lowest BCUT2D eigenvalue weighted by atomic mass is 10.2. The first-order valence-corrected chi connectivity index (χ1v) is 8.62. The first-order chi connectivity index (χ1) is 10.2. The Labute approximate surface area is 137 Å². The van der Waals surface area contributed by atoms with Crippen LogP contribution >= 0.6 is 23.2 Å². The SMILES string of the molecule is O=C(CN1C(=O)c2ccccc2S1(=O)=O)OC[C@H]1CC1(Cl)Cl. The van der Waals surface area contributed by atoms with Gasteiger partial charge in [-0.05, 0) is 18.6 Å². The van der Waals surface area contributed by atoms with E-state index in [1.807, 2.05) is 0 Å². The Hall–Kier alpha value is -1.31. The molecule has 1 aliphatic carbocycles. The van der Waals surface area contributed by atoms with Crippen LogP contribution < -0.4 is 0 Å². The van der Waals surface area contributed by atoms with Crippen molar-refractivity contribution < 1.29 is 22.7 Å². The van der Waals surface area contributed by atoms with Gasteiger partial charge in [-0.3, -0.25) is 9.59 Å². The van der Waals surface area contributed by atoms with Crippen molar-refractivity contribution in [3.8, 4) is 0 Å². The Morgan fingerprint density at radius 1 is 1.36 bits per heavy atom. The second-order valence-corrected chi connectivity index (χ2v) is 8.53. The van der Waals surface area contributed by atoms with Crippen LogP contribution in [0.3, 0.4) is 0 Å². The summed E-state index contributed by atoms with van der Waals surface area (Å²) in [6.07, 6.45) is 0.510. The molecular formula is C13H11Cl2NO5S. The number of amides is 1. The molecule has 1 saturated carbocycles.